The number of aryl methyl sites for hydroxylation is 1. The van der Waals surface area contributed by atoms with Crippen molar-refractivity contribution in [2.24, 2.45) is 7.05 Å². The van der Waals surface area contributed by atoms with Crippen LogP contribution in [0.5, 0.6) is 0 Å². The van der Waals surface area contributed by atoms with E-state index in [1.54, 1.807) is 23.9 Å². The summed E-state index contributed by atoms with van der Waals surface area (Å²) in [5.41, 5.74) is 6.73. The van der Waals surface area contributed by atoms with Crippen LogP contribution < -0.4 is 5.73 Å². The molecule has 2 N–H and O–H groups in total. The van der Waals surface area contributed by atoms with Crippen LogP contribution in [0.4, 0.5) is 5.69 Å². The van der Waals surface area contributed by atoms with Crippen LogP contribution in [0.3, 0.4) is 0 Å². The van der Waals surface area contributed by atoms with Crippen molar-refractivity contribution in [2.45, 2.75) is 25.4 Å². The van der Waals surface area contributed by atoms with Gasteiger partial charge in [0.05, 0.1) is 11.3 Å². The highest BCUT2D eigenvalue weighted by atomic mass is 16.5. The molecule has 5 heteroatoms. The summed E-state index contributed by atoms with van der Waals surface area (Å²) in [5, 5.41) is 0. The lowest BCUT2D eigenvalue weighted by atomic mass is 9.94. The second-order valence-corrected chi connectivity index (χ2v) is 5.25. The number of anilines is 1. The minimum Gasteiger partial charge on any atom is -0.397 e. The molecule has 18 heavy (non-hydrogen) atoms. The molecule has 0 radical (unpaired) electrons. The Balaban J connectivity index is 2.16. The number of rotatable bonds is 2. The van der Waals surface area contributed by atoms with Gasteiger partial charge in [0.1, 0.15) is 5.69 Å². The van der Waals surface area contributed by atoms with E-state index in [1.807, 2.05) is 18.9 Å². The Hall–Kier alpha value is -1.49. The average Bonchev–Trinajstić information content (AvgIpc) is 2.67. The summed E-state index contributed by atoms with van der Waals surface area (Å²) >= 11 is 0. The van der Waals surface area contributed by atoms with Crippen LogP contribution >= 0.6 is 0 Å². The molecule has 0 aromatic carbocycles. The first kappa shape index (κ1) is 13.0. The molecule has 0 aliphatic carbocycles. The van der Waals surface area contributed by atoms with Gasteiger partial charge in [0, 0.05) is 33.4 Å². The van der Waals surface area contributed by atoms with Crippen LogP contribution in [0.1, 0.15) is 30.3 Å². The van der Waals surface area contributed by atoms with Gasteiger partial charge in [-0.15, -0.1) is 0 Å². The lowest BCUT2D eigenvalue weighted by Crippen LogP contribution is -2.49. The van der Waals surface area contributed by atoms with Gasteiger partial charge in [0.15, 0.2) is 0 Å². The van der Waals surface area contributed by atoms with Crippen molar-refractivity contribution >= 4 is 11.6 Å². The molecule has 1 aliphatic rings. The maximum Gasteiger partial charge on any atom is 0.270 e. The van der Waals surface area contributed by atoms with Crippen LogP contribution in [0.2, 0.25) is 0 Å². The van der Waals surface area contributed by atoms with E-state index in [9.17, 15) is 4.79 Å². The lowest BCUT2D eigenvalue weighted by molar-refractivity contribution is -0.0441. The number of aromatic nitrogens is 1. The number of likely N-dealkylation sites (tertiary alicyclic amines) is 1. The highest BCUT2D eigenvalue weighted by Gasteiger charge is 2.33. The van der Waals surface area contributed by atoms with E-state index in [1.165, 1.54) is 0 Å². The quantitative estimate of drug-likeness (QED) is 0.860. The number of nitrogen functional groups attached to an aromatic ring is 1. The molecule has 1 aromatic heterocycles. The number of amides is 1. The van der Waals surface area contributed by atoms with E-state index in [0.29, 0.717) is 17.9 Å². The number of carbonyl (C=O) groups is 1. The van der Waals surface area contributed by atoms with E-state index < -0.39 is 0 Å². The molecular formula is C13H21N3O2. The molecule has 1 fully saturated rings. The average molecular weight is 251 g/mol. The van der Waals surface area contributed by atoms with Crippen LogP contribution in [0, 0.1) is 0 Å². The molecule has 1 aromatic rings. The smallest absolute Gasteiger partial charge is 0.270 e. The van der Waals surface area contributed by atoms with E-state index >= 15 is 0 Å². The zero-order valence-corrected chi connectivity index (χ0v) is 11.3. The van der Waals surface area contributed by atoms with Gasteiger partial charge in [0.2, 0.25) is 0 Å². The number of methoxy groups -OCH3 is 1. The Morgan fingerprint density at radius 1 is 1.56 bits per heavy atom. The minimum atomic E-state index is -0.232. The van der Waals surface area contributed by atoms with E-state index in [2.05, 4.69) is 0 Å². The van der Waals surface area contributed by atoms with Gasteiger partial charge in [-0.25, -0.2) is 0 Å². The fourth-order valence-electron chi connectivity index (χ4n) is 2.51. The van der Waals surface area contributed by atoms with Crippen molar-refractivity contribution in [1.29, 1.82) is 0 Å². The van der Waals surface area contributed by atoms with Crippen molar-refractivity contribution in [1.82, 2.24) is 9.47 Å². The number of hydrogen-bond acceptors (Lipinski definition) is 3. The van der Waals surface area contributed by atoms with Crippen molar-refractivity contribution in [2.75, 3.05) is 25.9 Å². The highest BCUT2D eigenvalue weighted by Crippen LogP contribution is 2.25. The van der Waals surface area contributed by atoms with Crippen molar-refractivity contribution in [3.05, 3.63) is 18.0 Å². The standard InChI is InChI=1S/C13H21N3O2/c1-13(18-3)5-4-6-16(9-13)12(17)11-7-10(14)8-15(11)2/h7-8H,4-6,9,14H2,1-3H3. The summed E-state index contributed by atoms with van der Waals surface area (Å²) in [6.07, 6.45) is 3.71. The fraction of sp³-hybridized carbons (Fsp3) is 0.615. The number of nitrogens with two attached hydrogens (primary N) is 1. The zero-order chi connectivity index (χ0) is 13.3. The van der Waals surface area contributed by atoms with Gasteiger partial charge in [-0.3, -0.25) is 4.79 Å². The first-order valence-electron chi connectivity index (χ1n) is 6.21. The summed E-state index contributed by atoms with van der Waals surface area (Å²) in [4.78, 5) is 14.3. The maximum atomic E-state index is 12.4. The predicted molar refractivity (Wildman–Crippen MR) is 70.4 cm³/mol. The van der Waals surface area contributed by atoms with Gasteiger partial charge < -0.3 is 19.9 Å². The van der Waals surface area contributed by atoms with Crippen LogP contribution in [0.15, 0.2) is 12.3 Å². The first-order chi connectivity index (χ1) is 8.45. The largest absolute Gasteiger partial charge is 0.397 e. The fourth-order valence-corrected chi connectivity index (χ4v) is 2.51. The summed E-state index contributed by atoms with van der Waals surface area (Å²) in [6.45, 7) is 3.46. The number of hydrogen-bond donors (Lipinski definition) is 1. The monoisotopic (exact) mass is 251 g/mol. The molecule has 1 aliphatic heterocycles. The third-order valence-corrected chi connectivity index (χ3v) is 3.68. The molecule has 100 valence electrons. The summed E-state index contributed by atoms with van der Waals surface area (Å²) in [6, 6.07) is 1.72. The Kier molecular flexibility index (Phi) is 3.34. The van der Waals surface area contributed by atoms with Gasteiger partial charge in [-0.1, -0.05) is 0 Å². The third kappa shape index (κ3) is 2.36. The lowest BCUT2D eigenvalue weighted by Gasteiger charge is -2.39. The molecule has 0 spiro atoms. The van der Waals surface area contributed by atoms with E-state index in [4.69, 9.17) is 10.5 Å². The predicted octanol–water partition coefficient (Wildman–Crippen LogP) is 1.25. The minimum absolute atomic E-state index is 0.0252. The van der Waals surface area contributed by atoms with Crippen molar-refractivity contribution in [3.63, 3.8) is 0 Å². The molecule has 1 amide bonds. The molecule has 5 nitrogen and oxygen atoms in total. The van der Waals surface area contributed by atoms with Gasteiger partial charge in [-0.2, -0.15) is 0 Å². The second-order valence-electron chi connectivity index (χ2n) is 5.25. The normalized spacial score (nSPS) is 24.3. The highest BCUT2D eigenvalue weighted by molar-refractivity contribution is 5.94. The zero-order valence-electron chi connectivity index (χ0n) is 11.3. The number of piperidine rings is 1. The summed E-state index contributed by atoms with van der Waals surface area (Å²) in [5.74, 6) is 0.0252. The number of carbonyl (C=O) groups excluding carboxylic acids is 1. The molecule has 1 atom stereocenters. The van der Waals surface area contributed by atoms with Crippen LogP contribution in [-0.4, -0.2) is 41.2 Å². The van der Waals surface area contributed by atoms with Gasteiger partial charge in [-0.05, 0) is 25.8 Å². The summed E-state index contributed by atoms with van der Waals surface area (Å²) in [7, 11) is 3.54. The Morgan fingerprint density at radius 2 is 2.28 bits per heavy atom. The molecule has 0 bridgehead atoms. The van der Waals surface area contributed by atoms with Gasteiger partial charge in [0.25, 0.3) is 5.91 Å². The molecule has 1 saturated heterocycles. The van der Waals surface area contributed by atoms with Crippen LogP contribution in [0.25, 0.3) is 0 Å². The van der Waals surface area contributed by atoms with Crippen LogP contribution in [-0.2, 0) is 11.8 Å². The SMILES string of the molecule is COC1(C)CCCN(C(=O)c2cc(N)cn2C)C1. The Bertz CT molecular complexity index is 455. The topological polar surface area (TPSA) is 60.5 Å². The Morgan fingerprint density at radius 3 is 2.83 bits per heavy atom. The molecule has 2 heterocycles. The molecule has 0 saturated carbocycles. The number of ether oxygens (including phenoxy) is 1. The van der Waals surface area contributed by atoms with Crippen molar-refractivity contribution in [3.8, 4) is 0 Å². The molecule has 2 rings (SSSR count). The molecular weight excluding hydrogens is 230 g/mol. The number of nitrogens with zero attached hydrogens (tertiary/aromatic N) is 2. The second kappa shape index (κ2) is 4.65. The van der Waals surface area contributed by atoms with E-state index in [-0.39, 0.29) is 11.5 Å². The van der Waals surface area contributed by atoms with Crippen molar-refractivity contribution < 1.29 is 9.53 Å². The Labute approximate surface area is 108 Å². The molecule has 1 unspecified atom stereocenters. The summed E-state index contributed by atoms with van der Waals surface area (Å²) < 4.78 is 7.28. The van der Waals surface area contributed by atoms with Gasteiger partial charge >= 0.3 is 0 Å². The third-order valence-electron chi connectivity index (χ3n) is 3.68. The van der Waals surface area contributed by atoms with E-state index in [0.717, 1.165) is 19.4 Å². The first-order valence-corrected chi connectivity index (χ1v) is 6.21. The maximum absolute atomic E-state index is 12.4.